The third-order valence-electron chi connectivity index (χ3n) is 4.46. The van der Waals surface area contributed by atoms with Crippen molar-refractivity contribution in [2.24, 2.45) is 5.92 Å². The first-order chi connectivity index (χ1) is 12.6. The standard InChI is InChI=1S/C21H27NO3S2/c1-14(12-15-7-9-16(10-8-15)21(2,3)4)13-17-19(25)22(20(26)27-17)11-5-6-18(23)24/h7-10,13-14H,5-6,11-12H2,1-4H3,(H,23,24)/b17-13-. The van der Waals surface area contributed by atoms with Crippen molar-refractivity contribution < 1.29 is 14.7 Å². The maximum Gasteiger partial charge on any atom is 0.303 e. The van der Waals surface area contributed by atoms with Gasteiger partial charge in [0.2, 0.25) is 0 Å². The van der Waals surface area contributed by atoms with Crippen molar-refractivity contribution >= 4 is 40.2 Å². The van der Waals surface area contributed by atoms with Gasteiger partial charge in [0.05, 0.1) is 4.91 Å². The Morgan fingerprint density at radius 3 is 2.48 bits per heavy atom. The van der Waals surface area contributed by atoms with Gasteiger partial charge in [-0.1, -0.05) is 82.0 Å². The van der Waals surface area contributed by atoms with Gasteiger partial charge in [-0.3, -0.25) is 14.5 Å². The minimum Gasteiger partial charge on any atom is -0.481 e. The third-order valence-corrected chi connectivity index (χ3v) is 5.86. The number of carboxylic acids is 1. The van der Waals surface area contributed by atoms with Crippen LogP contribution in [0.4, 0.5) is 0 Å². The fourth-order valence-electron chi connectivity index (χ4n) is 2.93. The summed E-state index contributed by atoms with van der Waals surface area (Å²) in [5, 5.41) is 8.74. The average Bonchev–Trinajstić information content (AvgIpc) is 2.81. The fraction of sp³-hybridized carbons (Fsp3) is 0.476. The van der Waals surface area contributed by atoms with Crippen LogP contribution in [-0.2, 0) is 21.4 Å². The lowest BCUT2D eigenvalue weighted by Gasteiger charge is -2.19. The lowest BCUT2D eigenvalue weighted by Crippen LogP contribution is -2.29. The van der Waals surface area contributed by atoms with Crippen molar-refractivity contribution in [1.82, 2.24) is 4.90 Å². The van der Waals surface area contributed by atoms with Crippen LogP contribution < -0.4 is 0 Å². The summed E-state index contributed by atoms with van der Waals surface area (Å²) in [6, 6.07) is 8.65. The highest BCUT2D eigenvalue weighted by atomic mass is 32.2. The van der Waals surface area contributed by atoms with E-state index >= 15 is 0 Å². The number of carboxylic acid groups (broad SMARTS) is 1. The van der Waals surface area contributed by atoms with E-state index in [1.165, 1.54) is 27.8 Å². The number of hydrogen-bond acceptors (Lipinski definition) is 4. The Bertz CT molecular complexity index is 748. The van der Waals surface area contributed by atoms with Gasteiger partial charge in [0.15, 0.2) is 0 Å². The number of hydrogen-bond donors (Lipinski definition) is 1. The van der Waals surface area contributed by atoms with E-state index in [0.717, 1.165) is 6.42 Å². The second-order valence-electron chi connectivity index (χ2n) is 7.98. The summed E-state index contributed by atoms with van der Waals surface area (Å²) >= 11 is 6.59. The van der Waals surface area contributed by atoms with Crippen LogP contribution in [0, 0.1) is 5.92 Å². The quantitative estimate of drug-likeness (QED) is 0.523. The van der Waals surface area contributed by atoms with Crippen LogP contribution in [0.3, 0.4) is 0 Å². The first kappa shape index (κ1) is 21.6. The Balaban J connectivity index is 1.98. The van der Waals surface area contributed by atoms with Crippen LogP contribution in [-0.4, -0.2) is 32.7 Å². The molecule has 1 aliphatic heterocycles. The predicted molar refractivity (Wildman–Crippen MR) is 115 cm³/mol. The number of benzene rings is 1. The highest BCUT2D eigenvalue weighted by Crippen LogP contribution is 2.32. The number of aliphatic carboxylic acids is 1. The van der Waals surface area contributed by atoms with Gasteiger partial charge in [0, 0.05) is 13.0 Å². The molecule has 1 N–H and O–H groups in total. The molecule has 0 saturated carbocycles. The summed E-state index contributed by atoms with van der Waals surface area (Å²) in [4.78, 5) is 25.3. The van der Waals surface area contributed by atoms with Gasteiger partial charge < -0.3 is 5.11 Å². The number of rotatable bonds is 7. The van der Waals surface area contributed by atoms with Gasteiger partial charge in [0.1, 0.15) is 4.32 Å². The number of nitrogens with zero attached hydrogens (tertiary/aromatic N) is 1. The number of amides is 1. The molecule has 27 heavy (non-hydrogen) atoms. The number of allylic oxidation sites excluding steroid dienone is 1. The Morgan fingerprint density at radius 2 is 1.93 bits per heavy atom. The molecule has 0 aromatic heterocycles. The fourth-order valence-corrected chi connectivity index (χ4v) is 4.34. The van der Waals surface area contributed by atoms with Crippen molar-refractivity contribution in [3.8, 4) is 0 Å². The van der Waals surface area contributed by atoms with Gasteiger partial charge in [-0.2, -0.15) is 0 Å². The summed E-state index contributed by atoms with van der Waals surface area (Å²) in [7, 11) is 0. The van der Waals surface area contributed by atoms with Crippen molar-refractivity contribution in [1.29, 1.82) is 0 Å². The van der Waals surface area contributed by atoms with Crippen LogP contribution >= 0.6 is 24.0 Å². The largest absolute Gasteiger partial charge is 0.481 e. The average molecular weight is 406 g/mol. The van der Waals surface area contributed by atoms with Gasteiger partial charge in [-0.05, 0) is 35.3 Å². The van der Waals surface area contributed by atoms with E-state index in [2.05, 4.69) is 52.0 Å². The third kappa shape index (κ3) is 6.18. The van der Waals surface area contributed by atoms with Gasteiger partial charge in [-0.25, -0.2) is 0 Å². The van der Waals surface area contributed by atoms with Gasteiger partial charge >= 0.3 is 5.97 Å². The maximum absolute atomic E-state index is 12.5. The van der Waals surface area contributed by atoms with Crippen molar-refractivity contribution in [3.05, 3.63) is 46.4 Å². The molecule has 6 heteroatoms. The molecule has 1 aliphatic rings. The number of thioether (sulfide) groups is 1. The Kier molecular flexibility index (Phi) is 7.23. The van der Waals surface area contributed by atoms with Crippen LogP contribution in [0.15, 0.2) is 35.2 Å². The molecule has 0 spiro atoms. The lowest BCUT2D eigenvalue weighted by molar-refractivity contribution is -0.137. The molecule has 1 aromatic rings. The molecule has 1 fully saturated rings. The SMILES string of the molecule is CC(/C=C1\SC(=S)N(CCCC(=O)O)C1=O)Cc1ccc(C(C)(C)C)cc1. The molecule has 1 unspecified atom stereocenters. The minimum absolute atomic E-state index is 0.0388. The molecule has 1 heterocycles. The van der Waals surface area contributed by atoms with Crippen LogP contribution in [0.25, 0.3) is 0 Å². The normalized spacial score (nSPS) is 17.6. The Hall–Kier alpha value is -1.66. The molecule has 146 valence electrons. The maximum atomic E-state index is 12.5. The molecule has 0 bridgehead atoms. The molecule has 1 aromatic carbocycles. The van der Waals surface area contributed by atoms with E-state index in [4.69, 9.17) is 17.3 Å². The zero-order chi connectivity index (χ0) is 20.2. The van der Waals surface area contributed by atoms with E-state index in [0.29, 0.717) is 22.2 Å². The van der Waals surface area contributed by atoms with Gasteiger partial charge in [-0.15, -0.1) is 0 Å². The first-order valence-electron chi connectivity index (χ1n) is 9.14. The summed E-state index contributed by atoms with van der Waals surface area (Å²) in [6.45, 7) is 9.04. The molecule has 0 radical (unpaired) electrons. The lowest BCUT2D eigenvalue weighted by atomic mass is 9.86. The summed E-state index contributed by atoms with van der Waals surface area (Å²) in [6.07, 6.45) is 3.28. The van der Waals surface area contributed by atoms with E-state index < -0.39 is 5.97 Å². The van der Waals surface area contributed by atoms with Gasteiger partial charge in [0.25, 0.3) is 5.91 Å². The number of carbonyl (C=O) groups is 2. The second kappa shape index (κ2) is 9.02. The zero-order valence-electron chi connectivity index (χ0n) is 16.3. The molecule has 4 nitrogen and oxygen atoms in total. The number of carbonyl (C=O) groups excluding carboxylic acids is 1. The van der Waals surface area contributed by atoms with Crippen molar-refractivity contribution in [2.45, 2.75) is 52.4 Å². The molecular formula is C21H27NO3S2. The predicted octanol–water partition coefficient (Wildman–Crippen LogP) is 4.77. The smallest absolute Gasteiger partial charge is 0.303 e. The van der Waals surface area contributed by atoms with Crippen molar-refractivity contribution in [3.63, 3.8) is 0 Å². The Labute approximate surface area is 171 Å². The molecule has 1 saturated heterocycles. The van der Waals surface area contributed by atoms with E-state index in [-0.39, 0.29) is 23.7 Å². The zero-order valence-corrected chi connectivity index (χ0v) is 18.0. The highest BCUT2D eigenvalue weighted by Gasteiger charge is 2.31. The molecule has 1 atom stereocenters. The van der Waals surface area contributed by atoms with Crippen molar-refractivity contribution in [2.75, 3.05) is 6.54 Å². The topological polar surface area (TPSA) is 57.6 Å². The second-order valence-corrected chi connectivity index (χ2v) is 9.66. The molecule has 2 rings (SSSR count). The van der Waals surface area contributed by atoms with E-state index in [1.807, 2.05) is 6.08 Å². The van der Waals surface area contributed by atoms with Crippen LogP contribution in [0.1, 0.15) is 51.7 Å². The summed E-state index contributed by atoms with van der Waals surface area (Å²) < 4.78 is 0.512. The molecule has 0 aliphatic carbocycles. The van der Waals surface area contributed by atoms with Crippen LogP contribution in [0.5, 0.6) is 0 Å². The highest BCUT2D eigenvalue weighted by molar-refractivity contribution is 8.26. The summed E-state index contributed by atoms with van der Waals surface area (Å²) in [5.74, 6) is -0.758. The van der Waals surface area contributed by atoms with E-state index in [9.17, 15) is 9.59 Å². The van der Waals surface area contributed by atoms with E-state index in [1.54, 1.807) is 0 Å². The monoisotopic (exact) mass is 405 g/mol. The molecular weight excluding hydrogens is 378 g/mol. The minimum atomic E-state index is -0.859. The number of thiocarbonyl (C=S) groups is 1. The molecule has 1 amide bonds. The Morgan fingerprint density at radius 1 is 1.30 bits per heavy atom. The first-order valence-corrected chi connectivity index (χ1v) is 10.4. The van der Waals surface area contributed by atoms with Crippen LogP contribution in [0.2, 0.25) is 0 Å². The summed E-state index contributed by atoms with van der Waals surface area (Å²) in [5.41, 5.74) is 2.68.